The van der Waals surface area contributed by atoms with Gasteiger partial charge in [-0.15, -0.1) is 15.3 Å². The van der Waals surface area contributed by atoms with Crippen molar-refractivity contribution in [2.75, 3.05) is 6.61 Å². The molecule has 0 saturated heterocycles. The quantitative estimate of drug-likeness (QED) is 0.451. The summed E-state index contributed by atoms with van der Waals surface area (Å²) >= 11 is 1.24. The predicted molar refractivity (Wildman–Crippen MR) is 115 cm³/mol. The van der Waals surface area contributed by atoms with Gasteiger partial charge in [0, 0.05) is 24.8 Å². The van der Waals surface area contributed by atoms with Gasteiger partial charge in [-0.05, 0) is 30.9 Å². The number of rotatable bonds is 6. The minimum Gasteiger partial charge on any atom is -0.461 e. The molecule has 2 aromatic heterocycles. The van der Waals surface area contributed by atoms with Gasteiger partial charge in [0.25, 0.3) is 0 Å². The van der Waals surface area contributed by atoms with Crippen LogP contribution in [-0.2, 0) is 24.0 Å². The molecule has 0 fully saturated rings. The van der Waals surface area contributed by atoms with Crippen LogP contribution in [0.3, 0.4) is 0 Å². The third kappa shape index (κ3) is 4.97. The Labute approximate surface area is 179 Å². The van der Waals surface area contributed by atoms with Gasteiger partial charge in [0.1, 0.15) is 10.7 Å². The predicted octanol–water partition coefficient (Wildman–Crippen LogP) is 3.67. The molecule has 0 bridgehead atoms. The number of carbonyl (C=O) groups is 1. The third-order valence-corrected chi connectivity index (χ3v) is 5.49. The molecule has 1 aliphatic carbocycles. The number of carbonyl (C=O) groups excluding carboxylic acids is 1. The summed E-state index contributed by atoms with van der Waals surface area (Å²) < 4.78 is 4.92. The van der Waals surface area contributed by atoms with E-state index in [9.17, 15) is 4.79 Å². The molecule has 30 heavy (non-hydrogen) atoms. The lowest BCUT2D eigenvalue weighted by atomic mass is 10.0. The highest BCUT2D eigenvalue weighted by Crippen LogP contribution is 2.25. The SMILES string of the molecule is CCOC(=O)c1nnc(CCC#Cc2cc3c(nn2)CC(Cc2ccccc2)=C3)s1. The smallest absolute Gasteiger partial charge is 0.369 e. The summed E-state index contributed by atoms with van der Waals surface area (Å²) in [5.74, 6) is 5.75. The number of aromatic nitrogens is 4. The molecular weight excluding hydrogens is 396 g/mol. The second kappa shape index (κ2) is 9.42. The molecule has 150 valence electrons. The minimum absolute atomic E-state index is 0.280. The van der Waals surface area contributed by atoms with Gasteiger partial charge in [0.2, 0.25) is 5.01 Å². The van der Waals surface area contributed by atoms with E-state index in [2.05, 4.69) is 62.6 Å². The molecule has 6 nitrogen and oxygen atoms in total. The van der Waals surface area contributed by atoms with Crippen LogP contribution >= 0.6 is 11.3 Å². The molecular formula is C23H20N4O2S. The van der Waals surface area contributed by atoms with Crippen LogP contribution in [0.1, 0.15) is 50.7 Å². The van der Waals surface area contributed by atoms with Crippen LogP contribution < -0.4 is 0 Å². The Balaban J connectivity index is 1.34. The van der Waals surface area contributed by atoms with E-state index in [1.54, 1.807) is 6.92 Å². The van der Waals surface area contributed by atoms with E-state index >= 15 is 0 Å². The molecule has 4 rings (SSSR count). The Hall–Kier alpha value is -3.37. The van der Waals surface area contributed by atoms with Crippen molar-refractivity contribution in [3.8, 4) is 11.8 Å². The first kappa shape index (κ1) is 19.9. The fourth-order valence-electron chi connectivity index (χ4n) is 3.16. The van der Waals surface area contributed by atoms with Gasteiger partial charge in [-0.3, -0.25) is 0 Å². The average molecular weight is 417 g/mol. The van der Waals surface area contributed by atoms with E-state index < -0.39 is 5.97 Å². The summed E-state index contributed by atoms with van der Waals surface area (Å²) in [5, 5.41) is 17.5. The van der Waals surface area contributed by atoms with E-state index in [0.29, 0.717) is 25.1 Å². The summed E-state index contributed by atoms with van der Waals surface area (Å²) in [6.45, 7) is 2.08. The van der Waals surface area contributed by atoms with Crippen molar-refractivity contribution < 1.29 is 9.53 Å². The first-order chi connectivity index (χ1) is 14.7. The van der Waals surface area contributed by atoms with Gasteiger partial charge in [0.15, 0.2) is 0 Å². The van der Waals surface area contributed by atoms with Crippen molar-refractivity contribution in [3.63, 3.8) is 0 Å². The zero-order chi connectivity index (χ0) is 20.8. The third-order valence-electron chi connectivity index (χ3n) is 4.53. The Kier molecular flexibility index (Phi) is 6.26. The monoisotopic (exact) mass is 416 g/mol. The number of ether oxygens (including phenoxy) is 1. The average Bonchev–Trinajstić information content (AvgIpc) is 3.38. The fourth-order valence-corrected chi connectivity index (χ4v) is 3.90. The summed E-state index contributed by atoms with van der Waals surface area (Å²) in [5.41, 5.74) is 5.40. The van der Waals surface area contributed by atoms with Crippen molar-refractivity contribution >= 4 is 23.4 Å². The second-order valence-corrected chi connectivity index (χ2v) is 7.86. The number of benzene rings is 1. The lowest BCUT2D eigenvalue weighted by Crippen LogP contribution is -2.03. The minimum atomic E-state index is -0.430. The Morgan fingerprint density at radius 1 is 1.17 bits per heavy atom. The number of nitrogens with zero attached hydrogens (tertiary/aromatic N) is 4. The van der Waals surface area contributed by atoms with Crippen LogP contribution in [-0.4, -0.2) is 33.0 Å². The van der Waals surface area contributed by atoms with Crippen molar-refractivity contribution in [1.82, 2.24) is 20.4 Å². The zero-order valence-corrected chi connectivity index (χ0v) is 17.4. The molecule has 1 aromatic carbocycles. The van der Waals surface area contributed by atoms with Gasteiger partial charge in [-0.25, -0.2) is 4.79 Å². The maximum absolute atomic E-state index is 11.6. The van der Waals surface area contributed by atoms with Crippen LogP contribution in [0.5, 0.6) is 0 Å². The maximum atomic E-state index is 11.6. The molecule has 0 atom stereocenters. The van der Waals surface area contributed by atoms with E-state index in [-0.39, 0.29) is 5.01 Å². The topological polar surface area (TPSA) is 77.9 Å². The number of esters is 1. The maximum Gasteiger partial charge on any atom is 0.369 e. The first-order valence-electron chi connectivity index (χ1n) is 9.79. The zero-order valence-electron chi connectivity index (χ0n) is 16.6. The first-order valence-corrected chi connectivity index (χ1v) is 10.6. The van der Waals surface area contributed by atoms with Gasteiger partial charge in [-0.1, -0.05) is 59.2 Å². The van der Waals surface area contributed by atoms with Gasteiger partial charge in [-0.2, -0.15) is 5.10 Å². The molecule has 0 unspecified atom stereocenters. The van der Waals surface area contributed by atoms with Crippen LogP contribution in [0.25, 0.3) is 6.08 Å². The molecule has 7 heteroatoms. The Morgan fingerprint density at radius 2 is 2.03 bits per heavy atom. The number of hydrogen-bond donors (Lipinski definition) is 0. The summed E-state index contributed by atoms with van der Waals surface area (Å²) in [7, 11) is 0. The highest BCUT2D eigenvalue weighted by atomic mass is 32.1. The molecule has 0 saturated carbocycles. The highest BCUT2D eigenvalue weighted by molar-refractivity contribution is 7.13. The Morgan fingerprint density at radius 3 is 2.87 bits per heavy atom. The lowest BCUT2D eigenvalue weighted by Gasteiger charge is -2.01. The molecule has 3 aromatic rings. The fraction of sp³-hybridized carbons (Fsp3) is 0.261. The lowest BCUT2D eigenvalue weighted by molar-refractivity contribution is 0.0525. The molecule has 2 heterocycles. The molecule has 0 spiro atoms. The normalized spacial score (nSPS) is 12.0. The van der Waals surface area contributed by atoms with Crippen molar-refractivity contribution in [1.29, 1.82) is 0 Å². The standard InChI is InChI=1S/C23H20N4O2S/c1-2-29-23(28)22-27-26-21(30-22)11-7-6-10-19-15-18-13-17(14-20(18)25-24-19)12-16-8-4-3-5-9-16/h3-5,8-9,13,15H,2,7,11-12,14H2,1H3. The molecule has 0 N–H and O–H groups in total. The Bertz CT molecular complexity index is 1140. The summed E-state index contributed by atoms with van der Waals surface area (Å²) in [6, 6.07) is 12.4. The highest BCUT2D eigenvalue weighted by Gasteiger charge is 2.16. The second-order valence-electron chi connectivity index (χ2n) is 6.80. The number of fused-ring (bicyclic) bond motifs is 1. The number of aryl methyl sites for hydroxylation is 1. The van der Waals surface area contributed by atoms with Gasteiger partial charge in [0.05, 0.1) is 12.3 Å². The van der Waals surface area contributed by atoms with Gasteiger partial charge < -0.3 is 4.74 Å². The van der Waals surface area contributed by atoms with E-state index in [0.717, 1.165) is 29.1 Å². The van der Waals surface area contributed by atoms with Crippen molar-refractivity contribution in [2.45, 2.75) is 32.6 Å². The van der Waals surface area contributed by atoms with E-state index in [4.69, 9.17) is 4.74 Å². The van der Waals surface area contributed by atoms with Crippen molar-refractivity contribution in [3.05, 3.63) is 74.5 Å². The van der Waals surface area contributed by atoms with Crippen LogP contribution in [0, 0.1) is 11.8 Å². The largest absolute Gasteiger partial charge is 0.461 e. The summed E-state index contributed by atoms with van der Waals surface area (Å²) in [4.78, 5) is 11.6. The summed E-state index contributed by atoms with van der Waals surface area (Å²) in [6.07, 6.45) is 5.19. The van der Waals surface area contributed by atoms with E-state index in [1.165, 1.54) is 22.5 Å². The van der Waals surface area contributed by atoms with Crippen LogP contribution in [0.15, 0.2) is 42.0 Å². The van der Waals surface area contributed by atoms with Crippen molar-refractivity contribution in [2.24, 2.45) is 0 Å². The molecule has 0 radical (unpaired) electrons. The van der Waals surface area contributed by atoms with E-state index in [1.807, 2.05) is 12.1 Å². The van der Waals surface area contributed by atoms with Crippen LogP contribution in [0.2, 0.25) is 0 Å². The molecule has 0 amide bonds. The molecule has 1 aliphatic rings. The van der Waals surface area contributed by atoms with Crippen LogP contribution in [0.4, 0.5) is 0 Å². The molecule has 0 aliphatic heterocycles. The number of allylic oxidation sites excluding steroid dienone is 1. The van der Waals surface area contributed by atoms with Gasteiger partial charge >= 0.3 is 5.97 Å². The number of hydrogen-bond acceptors (Lipinski definition) is 7.